The average Bonchev–Trinajstić information content (AvgIpc) is 2.44. The maximum absolute atomic E-state index is 10.9. The topological polar surface area (TPSA) is 96.6 Å². The van der Waals surface area contributed by atoms with Crippen LogP contribution < -0.4 is 15.8 Å². The summed E-state index contributed by atoms with van der Waals surface area (Å²) in [6.45, 7) is 5.63. The lowest BCUT2D eigenvalue weighted by atomic mass is 10.0. The first kappa shape index (κ1) is 17.5. The Morgan fingerprint density at radius 1 is 1.29 bits per heavy atom. The molecule has 0 saturated heterocycles. The van der Waals surface area contributed by atoms with Gasteiger partial charge in [0, 0.05) is 25.6 Å². The second-order valence-electron chi connectivity index (χ2n) is 4.83. The molecule has 0 radical (unpaired) electrons. The van der Waals surface area contributed by atoms with Crippen LogP contribution in [0.25, 0.3) is 0 Å². The van der Waals surface area contributed by atoms with Gasteiger partial charge in [0.15, 0.2) is 5.96 Å². The molecule has 0 aliphatic carbocycles. The molecule has 0 aliphatic rings. The smallest absolute Gasteiger partial charge is 0.210 e. The van der Waals surface area contributed by atoms with Crippen molar-refractivity contribution in [2.45, 2.75) is 19.8 Å². The van der Waals surface area contributed by atoms with Crippen LogP contribution in [0.4, 0.5) is 0 Å². The monoisotopic (exact) mass is 312 g/mol. The van der Waals surface area contributed by atoms with Crippen molar-refractivity contribution in [1.82, 2.24) is 10.6 Å². The highest BCUT2D eigenvalue weighted by Gasteiger charge is 2.06. The second-order valence-corrected chi connectivity index (χ2v) is 6.56. The number of nitrogens with one attached hydrogen (secondary N) is 2. The van der Waals surface area contributed by atoms with Crippen molar-refractivity contribution in [2.75, 3.05) is 25.4 Å². The fourth-order valence-corrected chi connectivity index (χ4v) is 2.16. The Kier molecular flexibility index (Phi) is 7.18. The minimum atomic E-state index is -3.45. The average molecular weight is 312 g/mol. The van der Waals surface area contributed by atoms with Gasteiger partial charge >= 0.3 is 0 Å². The van der Waals surface area contributed by atoms with E-state index < -0.39 is 10.0 Å². The van der Waals surface area contributed by atoms with Crippen LogP contribution in [-0.4, -0.2) is 39.8 Å². The van der Waals surface area contributed by atoms with Crippen LogP contribution in [-0.2, 0) is 10.0 Å². The zero-order valence-electron chi connectivity index (χ0n) is 12.5. The highest BCUT2D eigenvalue weighted by Crippen LogP contribution is 2.14. The number of nitrogens with two attached hydrogens (primary N) is 1. The van der Waals surface area contributed by atoms with E-state index in [0.29, 0.717) is 25.0 Å². The predicted octanol–water partition coefficient (Wildman–Crippen LogP) is 0.634. The molecule has 4 N–H and O–H groups in total. The van der Waals surface area contributed by atoms with E-state index in [0.717, 1.165) is 0 Å². The molecule has 21 heavy (non-hydrogen) atoms. The maximum atomic E-state index is 10.9. The van der Waals surface area contributed by atoms with Crippen molar-refractivity contribution in [3.8, 4) is 0 Å². The van der Waals surface area contributed by atoms with E-state index in [2.05, 4.69) is 34.7 Å². The molecule has 0 bridgehead atoms. The summed E-state index contributed by atoms with van der Waals surface area (Å²) in [6, 6.07) is 10.1. The lowest BCUT2D eigenvalue weighted by Crippen LogP contribution is -2.40. The molecular formula is C14H24N4O2S. The number of hydrogen-bond acceptors (Lipinski definition) is 3. The number of hydrogen-bond donors (Lipinski definition) is 3. The van der Waals surface area contributed by atoms with Crippen molar-refractivity contribution in [1.29, 1.82) is 0 Å². The molecule has 1 unspecified atom stereocenters. The summed E-state index contributed by atoms with van der Waals surface area (Å²) in [5.74, 6) is 0.773. The minimum absolute atomic E-state index is 0.119. The minimum Gasteiger partial charge on any atom is -0.357 e. The van der Waals surface area contributed by atoms with Crippen LogP contribution in [0.1, 0.15) is 25.3 Å². The van der Waals surface area contributed by atoms with Crippen molar-refractivity contribution in [3.05, 3.63) is 35.9 Å². The van der Waals surface area contributed by atoms with Gasteiger partial charge in [-0.15, -0.1) is 0 Å². The zero-order chi connectivity index (χ0) is 15.7. The maximum Gasteiger partial charge on any atom is 0.210 e. The molecule has 1 rings (SSSR count). The van der Waals surface area contributed by atoms with E-state index in [1.807, 2.05) is 25.1 Å². The van der Waals surface area contributed by atoms with E-state index in [1.165, 1.54) is 5.56 Å². The molecule has 7 heteroatoms. The van der Waals surface area contributed by atoms with Crippen molar-refractivity contribution in [3.63, 3.8) is 0 Å². The van der Waals surface area contributed by atoms with E-state index in [9.17, 15) is 8.42 Å². The summed E-state index contributed by atoms with van der Waals surface area (Å²) in [5, 5.41) is 11.0. The van der Waals surface area contributed by atoms with E-state index >= 15 is 0 Å². The van der Waals surface area contributed by atoms with Gasteiger partial charge in [-0.05, 0) is 12.5 Å². The molecule has 0 aromatic heterocycles. The fourth-order valence-electron chi connectivity index (χ4n) is 1.77. The lowest BCUT2D eigenvalue weighted by molar-refractivity contribution is 0.596. The van der Waals surface area contributed by atoms with Gasteiger partial charge in [0.25, 0.3) is 0 Å². The Hall–Kier alpha value is -1.60. The Balaban J connectivity index is 2.55. The number of benzene rings is 1. The Labute approximate surface area is 126 Å². The van der Waals surface area contributed by atoms with Gasteiger partial charge in [0.05, 0.1) is 5.75 Å². The second kappa shape index (κ2) is 8.63. The third-order valence-corrected chi connectivity index (χ3v) is 3.69. The number of nitrogens with zero attached hydrogens (tertiary/aromatic N) is 1. The summed E-state index contributed by atoms with van der Waals surface area (Å²) >= 11 is 0. The molecule has 1 aromatic carbocycles. The third kappa shape index (κ3) is 7.67. The third-order valence-electron chi connectivity index (χ3n) is 2.92. The first-order chi connectivity index (χ1) is 9.92. The van der Waals surface area contributed by atoms with Gasteiger partial charge in [0.2, 0.25) is 10.0 Å². The van der Waals surface area contributed by atoms with Crippen molar-refractivity contribution in [2.24, 2.45) is 10.1 Å². The molecule has 0 saturated carbocycles. The van der Waals surface area contributed by atoms with Crippen molar-refractivity contribution >= 4 is 16.0 Å². The van der Waals surface area contributed by atoms with Gasteiger partial charge in [0.1, 0.15) is 0 Å². The first-order valence-electron chi connectivity index (χ1n) is 7.00. The number of guanidine groups is 1. The molecule has 1 atom stereocenters. The standard InChI is InChI=1S/C14H24N4O2S/c1-3-16-14(17-9-10-21(15,19)20)18-11-12(2)13-7-5-4-6-8-13/h4-8,12H,3,9-11H2,1-2H3,(H2,15,19,20)(H2,16,17,18). The number of rotatable bonds is 7. The number of sulfonamides is 1. The van der Waals surface area contributed by atoms with Gasteiger partial charge in [-0.25, -0.2) is 13.6 Å². The molecular weight excluding hydrogens is 288 g/mol. The fraction of sp³-hybridized carbons (Fsp3) is 0.500. The summed E-state index contributed by atoms with van der Waals surface area (Å²) in [6.07, 6.45) is 0. The Morgan fingerprint density at radius 3 is 2.52 bits per heavy atom. The number of primary sulfonamides is 1. The molecule has 118 valence electrons. The van der Waals surface area contributed by atoms with Crippen LogP contribution in [0.3, 0.4) is 0 Å². The predicted molar refractivity (Wildman–Crippen MR) is 86.8 cm³/mol. The van der Waals surface area contributed by atoms with Gasteiger partial charge in [-0.3, -0.25) is 4.99 Å². The molecule has 0 spiro atoms. The van der Waals surface area contributed by atoms with Gasteiger partial charge < -0.3 is 10.6 Å². The van der Waals surface area contributed by atoms with Gasteiger partial charge in [-0.2, -0.15) is 0 Å². The summed E-state index contributed by atoms with van der Waals surface area (Å²) < 4.78 is 21.8. The van der Waals surface area contributed by atoms with E-state index in [-0.39, 0.29) is 12.3 Å². The zero-order valence-corrected chi connectivity index (χ0v) is 13.4. The van der Waals surface area contributed by atoms with Crippen molar-refractivity contribution < 1.29 is 8.42 Å². The Morgan fingerprint density at radius 2 is 1.95 bits per heavy atom. The normalized spacial score (nSPS) is 13.8. The van der Waals surface area contributed by atoms with Crippen LogP contribution in [0.2, 0.25) is 0 Å². The van der Waals surface area contributed by atoms with Crippen LogP contribution in [0.5, 0.6) is 0 Å². The summed E-state index contributed by atoms with van der Waals surface area (Å²) in [4.78, 5) is 4.47. The van der Waals surface area contributed by atoms with E-state index in [4.69, 9.17) is 5.14 Å². The molecule has 0 fully saturated rings. The van der Waals surface area contributed by atoms with E-state index in [1.54, 1.807) is 0 Å². The number of aliphatic imine (C=N–C) groups is 1. The van der Waals surface area contributed by atoms with Crippen LogP contribution in [0.15, 0.2) is 35.3 Å². The molecule has 1 aromatic rings. The summed E-state index contributed by atoms with van der Waals surface area (Å²) in [7, 11) is -3.45. The highest BCUT2D eigenvalue weighted by atomic mass is 32.2. The van der Waals surface area contributed by atoms with Gasteiger partial charge in [-0.1, -0.05) is 37.3 Å². The Bertz CT molecular complexity index is 543. The first-order valence-corrected chi connectivity index (χ1v) is 8.71. The van der Waals surface area contributed by atoms with Crippen LogP contribution in [0, 0.1) is 0 Å². The molecule has 6 nitrogen and oxygen atoms in total. The largest absolute Gasteiger partial charge is 0.357 e. The highest BCUT2D eigenvalue weighted by molar-refractivity contribution is 7.89. The molecule has 0 aliphatic heterocycles. The molecule has 0 heterocycles. The quantitative estimate of drug-likeness (QED) is 0.508. The SMILES string of the molecule is CCNC(=NCC(C)c1ccccc1)NCCS(N)(=O)=O. The lowest BCUT2D eigenvalue weighted by Gasteiger charge is -2.13. The van der Waals surface area contributed by atoms with Crippen LogP contribution >= 0.6 is 0 Å². The molecule has 0 amide bonds. The summed E-state index contributed by atoms with van der Waals surface area (Å²) in [5.41, 5.74) is 1.22.